The molecule has 5 heteroatoms. The molecule has 1 amide bonds. The fraction of sp³-hybridized carbons (Fsp3) is 0.364. The summed E-state index contributed by atoms with van der Waals surface area (Å²) in [6.07, 6.45) is 1.05. The molecule has 0 aliphatic carbocycles. The van der Waals surface area contributed by atoms with Crippen LogP contribution in [0.1, 0.15) is 6.42 Å². The Morgan fingerprint density at radius 2 is 2.06 bits per heavy atom. The third-order valence-electron chi connectivity index (χ3n) is 1.78. The molecule has 0 fully saturated rings. The maximum absolute atomic E-state index is 12.6. The van der Waals surface area contributed by atoms with Crippen molar-refractivity contribution in [2.24, 2.45) is 0 Å². The Morgan fingerprint density at radius 3 is 2.69 bits per heavy atom. The Balaban J connectivity index is 2.26. The zero-order valence-corrected chi connectivity index (χ0v) is 11.1. The number of carbonyl (C=O) groups is 1. The van der Waals surface area contributed by atoms with Crippen molar-refractivity contribution < 1.29 is 9.18 Å². The van der Waals surface area contributed by atoms with Crippen molar-refractivity contribution in [1.82, 2.24) is 0 Å². The maximum Gasteiger partial charge on any atom is 0.234 e. The van der Waals surface area contributed by atoms with Gasteiger partial charge in [0.1, 0.15) is 5.82 Å². The summed E-state index contributed by atoms with van der Waals surface area (Å²) in [5.74, 6) is 1.04. The molecule has 1 aromatic rings. The van der Waals surface area contributed by atoms with Crippen molar-refractivity contribution in [2.45, 2.75) is 6.42 Å². The monoisotopic (exact) mass is 305 g/mol. The molecule has 16 heavy (non-hydrogen) atoms. The van der Waals surface area contributed by atoms with E-state index in [2.05, 4.69) is 21.2 Å². The van der Waals surface area contributed by atoms with Crippen molar-refractivity contribution in [3.05, 3.63) is 30.1 Å². The summed E-state index contributed by atoms with van der Waals surface area (Å²) in [5, 5.41) is 3.67. The maximum atomic E-state index is 12.6. The second-order valence-corrected chi connectivity index (χ2v) is 5.05. The fourth-order valence-corrected chi connectivity index (χ4v) is 2.45. The largest absolute Gasteiger partial charge is 0.325 e. The zero-order chi connectivity index (χ0) is 11.8. The van der Waals surface area contributed by atoms with Crippen LogP contribution in [0.4, 0.5) is 10.1 Å². The van der Waals surface area contributed by atoms with Gasteiger partial charge in [-0.1, -0.05) is 15.9 Å². The zero-order valence-electron chi connectivity index (χ0n) is 8.71. The van der Waals surface area contributed by atoms with Crippen LogP contribution in [0.15, 0.2) is 24.3 Å². The molecular weight excluding hydrogens is 293 g/mol. The second kappa shape index (κ2) is 7.68. The van der Waals surface area contributed by atoms with E-state index in [0.29, 0.717) is 11.4 Å². The summed E-state index contributed by atoms with van der Waals surface area (Å²) in [5.41, 5.74) is 0.632. The Bertz CT molecular complexity index is 331. The van der Waals surface area contributed by atoms with Crippen molar-refractivity contribution in [2.75, 3.05) is 22.2 Å². The van der Waals surface area contributed by atoms with E-state index in [1.54, 1.807) is 23.9 Å². The summed E-state index contributed by atoms with van der Waals surface area (Å²) >= 11 is 4.92. The third kappa shape index (κ3) is 5.51. The first kappa shape index (κ1) is 13.5. The lowest BCUT2D eigenvalue weighted by atomic mass is 10.3. The van der Waals surface area contributed by atoms with Gasteiger partial charge in [0.15, 0.2) is 0 Å². The normalized spacial score (nSPS) is 10.1. The van der Waals surface area contributed by atoms with Gasteiger partial charge in [0.25, 0.3) is 0 Å². The second-order valence-electron chi connectivity index (χ2n) is 3.15. The van der Waals surface area contributed by atoms with Gasteiger partial charge in [0.2, 0.25) is 5.91 Å². The Labute approximate surface area is 107 Å². The van der Waals surface area contributed by atoms with Gasteiger partial charge in [0.05, 0.1) is 5.75 Å². The van der Waals surface area contributed by atoms with Crippen molar-refractivity contribution in [1.29, 1.82) is 0 Å². The predicted molar refractivity (Wildman–Crippen MR) is 70.8 cm³/mol. The molecule has 1 aromatic carbocycles. The molecule has 1 N–H and O–H groups in total. The number of anilines is 1. The average molecular weight is 306 g/mol. The van der Waals surface area contributed by atoms with Crippen LogP contribution >= 0.6 is 27.7 Å². The van der Waals surface area contributed by atoms with Crippen LogP contribution in [0.3, 0.4) is 0 Å². The molecule has 0 atom stereocenters. The van der Waals surface area contributed by atoms with Crippen LogP contribution < -0.4 is 5.32 Å². The highest BCUT2D eigenvalue weighted by Gasteiger charge is 2.02. The van der Waals surface area contributed by atoms with Gasteiger partial charge < -0.3 is 5.32 Å². The molecule has 2 nitrogen and oxygen atoms in total. The number of thioether (sulfide) groups is 1. The fourth-order valence-electron chi connectivity index (χ4n) is 1.05. The number of rotatable bonds is 6. The van der Waals surface area contributed by atoms with E-state index < -0.39 is 0 Å². The van der Waals surface area contributed by atoms with E-state index in [0.717, 1.165) is 17.5 Å². The molecule has 0 unspecified atom stereocenters. The first-order valence-corrected chi connectivity index (χ1v) is 7.19. The highest BCUT2D eigenvalue weighted by atomic mass is 79.9. The lowest BCUT2D eigenvalue weighted by molar-refractivity contribution is -0.113. The number of halogens is 2. The molecule has 0 bridgehead atoms. The summed E-state index contributed by atoms with van der Waals surface area (Å²) in [6, 6.07) is 5.76. The van der Waals surface area contributed by atoms with Crippen molar-refractivity contribution in [3.8, 4) is 0 Å². The van der Waals surface area contributed by atoms with Gasteiger partial charge in [-0.25, -0.2) is 4.39 Å². The smallest absolute Gasteiger partial charge is 0.234 e. The molecule has 0 radical (unpaired) electrons. The highest BCUT2D eigenvalue weighted by Crippen LogP contribution is 2.10. The number of nitrogens with one attached hydrogen (secondary N) is 1. The van der Waals surface area contributed by atoms with Gasteiger partial charge in [-0.15, -0.1) is 0 Å². The number of alkyl halides is 1. The molecule has 0 aromatic heterocycles. The minimum atomic E-state index is -0.301. The van der Waals surface area contributed by atoms with Crippen LogP contribution in [0.2, 0.25) is 0 Å². The standard InChI is InChI=1S/C11H13BrFNOS/c12-6-1-7-16-8-11(15)14-10-4-2-9(13)3-5-10/h2-5H,1,6-8H2,(H,14,15). The van der Waals surface area contributed by atoms with Gasteiger partial charge in [-0.2, -0.15) is 11.8 Å². The summed E-state index contributed by atoms with van der Waals surface area (Å²) in [7, 11) is 0. The van der Waals surface area contributed by atoms with E-state index in [1.165, 1.54) is 12.1 Å². The molecule has 0 heterocycles. The molecule has 0 spiro atoms. The summed E-state index contributed by atoms with van der Waals surface area (Å²) < 4.78 is 12.6. The number of amides is 1. The van der Waals surface area contributed by atoms with Crippen LogP contribution in [0.25, 0.3) is 0 Å². The quantitative estimate of drug-likeness (QED) is 0.645. The highest BCUT2D eigenvalue weighted by molar-refractivity contribution is 9.09. The van der Waals surface area contributed by atoms with Gasteiger partial charge in [-0.3, -0.25) is 4.79 Å². The molecular formula is C11H13BrFNOS. The minimum absolute atomic E-state index is 0.0498. The van der Waals surface area contributed by atoms with E-state index in [1.807, 2.05) is 0 Å². The lowest BCUT2D eigenvalue weighted by Crippen LogP contribution is -2.14. The molecule has 0 aliphatic rings. The van der Waals surface area contributed by atoms with Crippen LogP contribution in [0.5, 0.6) is 0 Å². The van der Waals surface area contributed by atoms with Crippen molar-refractivity contribution in [3.63, 3.8) is 0 Å². The third-order valence-corrected chi connectivity index (χ3v) is 3.39. The lowest BCUT2D eigenvalue weighted by Gasteiger charge is -2.04. The van der Waals surface area contributed by atoms with E-state index in [9.17, 15) is 9.18 Å². The van der Waals surface area contributed by atoms with E-state index in [-0.39, 0.29) is 11.7 Å². The Hall–Kier alpha value is -0.550. The number of carbonyl (C=O) groups excluding carboxylic acids is 1. The number of benzene rings is 1. The number of hydrogen-bond acceptors (Lipinski definition) is 2. The van der Waals surface area contributed by atoms with Crippen molar-refractivity contribution >= 4 is 39.3 Å². The molecule has 0 saturated carbocycles. The summed E-state index contributed by atoms with van der Waals surface area (Å²) in [4.78, 5) is 11.4. The molecule has 1 rings (SSSR count). The topological polar surface area (TPSA) is 29.1 Å². The SMILES string of the molecule is O=C(CSCCCBr)Nc1ccc(F)cc1. The first-order chi connectivity index (χ1) is 7.72. The van der Waals surface area contributed by atoms with Gasteiger partial charge in [0, 0.05) is 11.0 Å². The Morgan fingerprint density at radius 1 is 1.38 bits per heavy atom. The van der Waals surface area contributed by atoms with Gasteiger partial charge >= 0.3 is 0 Å². The molecule has 0 aliphatic heterocycles. The van der Waals surface area contributed by atoms with E-state index >= 15 is 0 Å². The van der Waals surface area contributed by atoms with Crippen LogP contribution in [-0.2, 0) is 4.79 Å². The average Bonchev–Trinajstić information content (AvgIpc) is 2.28. The summed E-state index contributed by atoms with van der Waals surface area (Å²) in [6.45, 7) is 0. The first-order valence-electron chi connectivity index (χ1n) is 4.91. The number of hydrogen-bond donors (Lipinski definition) is 1. The Kier molecular flexibility index (Phi) is 6.49. The van der Waals surface area contributed by atoms with E-state index in [4.69, 9.17) is 0 Å². The minimum Gasteiger partial charge on any atom is -0.325 e. The predicted octanol–water partition coefficient (Wildman–Crippen LogP) is 3.28. The molecule has 0 saturated heterocycles. The van der Waals surface area contributed by atoms with Gasteiger partial charge in [-0.05, 0) is 36.4 Å². The van der Waals surface area contributed by atoms with Crippen LogP contribution in [-0.4, -0.2) is 22.7 Å². The van der Waals surface area contributed by atoms with Crippen LogP contribution in [0, 0.1) is 5.82 Å². The molecule has 88 valence electrons.